The van der Waals surface area contributed by atoms with Gasteiger partial charge >= 0.3 is 0 Å². The van der Waals surface area contributed by atoms with Crippen molar-refractivity contribution in [1.82, 2.24) is 15.3 Å². The van der Waals surface area contributed by atoms with Gasteiger partial charge < -0.3 is 15.0 Å². The van der Waals surface area contributed by atoms with Gasteiger partial charge in [-0.15, -0.1) is 0 Å². The van der Waals surface area contributed by atoms with Crippen molar-refractivity contribution in [3.05, 3.63) is 47.8 Å². The number of rotatable bonds is 8. The predicted octanol–water partition coefficient (Wildman–Crippen LogP) is 3.14. The summed E-state index contributed by atoms with van der Waals surface area (Å²) in [5.41, 5.74) is 1.43. The summed E-state index contributed by atoms with van der Waals surface area (Å²) in [6, 6.07) is 7.50. The summed E-state index contributed by atoms with van der Waals surface area (Å²) in [5.74, 6) is 3.22. The van der Waals surface area contributed by atoms with Crippen molar-refractivity contribution < 1.29 is 9.53 Å². The first-order valence-corrected chi connectivity index (χ1v) is 10.5. The van der Waals surface area contributed by atoms with E-state index in [-0.39, 0.29) is 12.0 Å². The van der Waals surface area contributed by atoms with E-state index in [0.29, 0.717) is 18.0 Å². The molecule has 3 rings (SSSR count). The predicted molar refractivity (Wildman–Crippen MR) is 110 cm³/mol. The van der Waals surface area contributed by atoms with Gasteiger partial charge in [0.2, 0.25) is 5.88 Å². The van der Waals surface area contributed by atoms with Gasteiger partial charge in [0.25, 0.3) is 5.91 Å². The van der Waals surface area contributed by atoms with E-state index >= 15 is 0 Å². The molecule has 0 aromatic carbocycles. The molecule has 0 spiro atoms. The molecule has 1 saturated heterocycles. The Labute approximate surface area is 164 Å². The van der Waals surface area contributed by atoms with Crippen LogP contribution in [0.5, 0.6) is 5.88 Å². The molecule has 0 aliphatic carbocycles. The van der Waals surface area contributed by atoms with Gasteiger partial charge in [-0.1, -0.05) is 6.07 Å². The van der Waals surface area contributed by atoms with Crippen LogP contribution in [0.2, 0.25) is 0 Å². The van der Waals surface area contributed by atoms with Gasteiger partial charge in [0, 0.05) is 37.8 Å². The Bertz CT molecular complexity index is 744. The second-order valence-corrected chi connectivity index (χ2v) is 7.49. The van der Waals surface area contributed by atoms with Crippen LogP contribution in [0.15, 0.2) is 36.7 Å². The zero-order valence-corrected chi connectivity index (χ0v) is 16.7. The van der Waals surface area contributed by atoms with Crippen molar-refractivity contribution in [2.45, 2.75) is 32.9 Å². The molecule has 1 unspecified atom stereocenters. The molecule has 1 N–H and O–H groups in total. The molecule has 0 radical (unpaired) electrons. The molecule has 144 valence electrons. The van der Waals surface area contributed by atoms with Crippen molar-refractivity contribution in [3.8, 4) is 5.88 Å². The Kier molecular flexibility index (Phi) is 6.92. The molecule has 2 aromatic heterocycles. The van der Waals surface area contributed by atoms with E-state index in [1.54, 1.807) is 18.3 Å². The number of pyridine rings is 2. The Hall–Kier alpha value is -2.28. The SMILES string of the molecule is CCN(CC)c1ccc(CNC(=O)c2cccnc2OC2CCSC2)cn1. The average molecular weight is 387 g/mol. The van der Waals surface area contributed by atoms with Crippen molar-refractivity contribution in [2.24, 2.45) is 0 Å². The van der Waals surface area contributed by atoms with Crippen LogP contribution in [0.25, 0.3) is 0 Å². The van der Waals surface area contributed by atoms with Crippen LogP contribution in [0.1, 0.15) is 36.2 Å². The van der Waals surface area contributed by atoms with Crippen molar-refractivity contribution in [3.63, 3.8) is 0 Å². The number of nitrogens with one attached hydrogen (secondary N) is 1. The van der Waals surface area contributed by atoms with Gasteiger partial charge in [0.1, 0.15) is 17.5 Å². The third-order valence-corrected chi connectivity index (χ3v) is 5.66. The normalized spacial score (nSPS) is 16.1. The Morgan fingerprint density at radius 3 is 2.81 bits per heavy atom. The maximum absolute atomic E-state index is 12.6. The van der Waals surface area contributed by atoms with Gasteiger partial charge in [-0.05, 0) is 49.8 Å². The summed E-state index contributed by atoms with van der Waals surface area (Å²) < 4.78 is 5.94. The summed E-state index contributed by atoms with van der Waals surface area (Å²) in [7, 11) is 0. The number of carbonyl (C=O) groups is 1. The van der Waals surface area contributed by atoms with Crippen LogP contribution in [-0.4, -0.2) is 46.6 Å². The minimum Gasteiger partial charge on any atom is -0.473 e. The maximum atomic E-state index is 12.6. The molecule has 1 aliphatic heterocycles. The first kappa shape index (κ1) is 19.5. The molecule has 0 saturated carbocycles. The molecule has 7 heteroatoms. The van der Waals surface area contributed by atoms with E-state index in [0.717, 1.165) is 42.4 Å². The molecule has 1 aliphatic rings. The fraction of sp³-hybridized carbons (Fsp3) is 0.450. The summed E-state index contributed by atoms with van der Waals surface area (Å²) in [5, 5.41) is 2.94. The van der Waals surface area contributed by atoms with Crippen LogP contribution in [0.3, 0.4) is 0 Å². The number of aromatic nitrogens is 2. The number of carbonyl (C=O) groups excluding carboxylic acids is 1. The molecule has 1 amide bonds. The Balaban J connectivity index is 1.61. The van der Waals surface area contributed by atoms with Gasteiger partial charge in [-0.2, -0.15) is 11.8 Å². The minimum atomic E-state index is -0.184. The van der Waals surface area contributed by atoms with Crippen LogP contribution >= 0.6 is 11.8 Å². The number of anilines is 1. The Morgan fingerprint density at radius 2 is 2.15 bits per heavy atom. The Morgan fingerprint density at radius 1 is 1.30 bits per heavy atom. The molecular formula is C20H26N4O2S. The molecular weight excluding hydrogens is 360 g/mol. The highest BCUT2D eigenvalue weighted by Gasteiger charge is 2.21. The van der Waals surface area contributed by atoms with E-state index in [1.807, 2.05) is 30.1 Å². The van der Waals surface area contributed by atoms with E-state index < -0.39 is 0 Å². The monoisotopic (exact) mass is 386 g/mol. The number of hydrogen-bond donors (Lipinski definition) is 1. The molecule has 3 heterocycles. The topological polar surface area (TPSA) is 67.4 Å². The van der Waals surface area contributed by atoms with E-state index in [4.69, 9.17) is 4.74 Å². The molecule has 2 aromatic rings. The van der Waals surface area contributed by atoms with Gasteiger partial charge in [0.15, 0.2) is 0 Å². The van der Waals surface area contributed by atoms with Crippen molar-refractivity contribution >= 4 is 23.5 Å². The highest BCUT2D eigenvalue weighted by atomic mass is 32.2. The zero-order valence-electron chi connectivity index (χ0n) is 15.9. The maximum Gasteiger partial charge on any atom is 0.257 e. The lowest BCUT2D eigenvalue weighted by atomic mass is 10.2. The van der Waals surface area contributed by atoms with Crippen LogP contribution in [-0.2, 0) is 6.54 Å². The summed E-state index contributed by atoms with van der Waals surface area (Å²) in [6.07, 6.45) is 4.59. The quantitative estimate of drug-likeness (QED) is 0.752. The highest BCUT2D eigenvalue weighted by Crippen LogP contribution is 2.24. The summed E-state index contributed by atoms with van der Waals surface area (Å²) >= 11 is 1.87. The number of thioether (sulfide) groups is 1. The standard InChI is InChI=1S/C20H26N4O2S/c1-3-24(4-2)18-8-7-15(12-22-18)13-23-19(25)17-6-5-10-21-20(17)26-16-9-11-27-14-16/h5-8,10,12,16H,3-4,9,11,13-14H2,1-2H3,(H,23,25). The van der Waals surface area contributed by atoms with Crippen LogP contribution in [0.4, 0.5) is 5.82 Å². The highest BCUT2D eigenvalue weighted by molar-refractivity contribution is 7.99. The fourth-order valence-electron chi connectivity index (χ4n) is 2.95. The van der Waals surface area contributed by atoms with Gasteiger partial charge in [-0.25, -0.2) is 9.97 Å². The number of ether oxygens (including phenoxy) is 1. The van der Waals surface area contributed by atoms with Crippen molar-refractivity contribution in [2.75, 3.05) is 29.5 Å². The van der Waals surface area contributed by atoms with E-state index in [2.05, 4.69) is 34.0 Å². The third kappa shape index (κ3) is 5.13. The van der Waals surface area contributed by atoms with Crippen molar-refractivity contribution in [1.29, 1.82) is 0 Å². The smallest absolute Gasteiger partial charge is 0.257 e. The number of nitrogens with zero attached hydrogens (tertiary/aromatic N) is 3. The number of hydrogen-bond acceptors (Lipinski definition) is 6. The fourth-order valence-corrected chi connectivity index (χ4v) is 4.05. The largest absolute Gasteiger partial charge is 0.473 e. The zero-order chi connectivity index (χ0) is 19.1. The lowest BCUT2D eigenvalue weighted by molar-refractivity contribution is 0.0943. The molecule has 27 heavy (non-hydrogen) atoms. The molecule has 6 nitrogen and oxygen atoms in total. The van der Waals surface area contributed by atoms with E-state index in [1.165, 1.54) is 0 Å². The van der Waals surface area contributed by atoms with Crippen LogP contribution < -0.4 is 15.0 Å². The van der Waals surface area contributed by atoms with Gasteiger partial charge in [-0.3, -0.25) is 4.79 Å². The second kappa shape index (κ2) is 9.60. The second-order valence-electron chi connectivity index (χ2n) is 6.34. The minimum absolute atomic E-state index is 0.133. The van der Waals surface area contributed by atoms with Crippen LogP contribution in [0, 0.1) is 0 Å². The number of amides is 1. The molecule has 1 atom stereocenters. The third-order valence-electron chi connectivity index (χ3n) is 4.53. The molecule has 0 bridgehead atoms. The lowest BCUT2D eigenvalue weighted by Gasteiger charge is -2.19. The first-order chi connectivity index (χ1) is 13.2. The lowest BCUT2D eigenvalue weighted by Crippen LogP contribution is -2.26. The average Bonchev–Trinajstić information content (AvgIpc) is 3.21. The first-order valence-electron chi connectivity index (χ1n) is 9.38. The van der Waals surface area contributed by atoms with E-state index in [9.17, 15) is 4.79 Å². The van der Waals surface area contributed by atoms with Gasteiger partial charge in [0.05, 0.1) is 0 Å². The summed E-state index contributed by atoms with van der Waals surface area (Å²) in [6.45, 7) is 6.47. The summed E-state index contributed by atoms with van der Waals surface area (Å²) in [4.78, 5) is 23.5. The molecule has 1 fully saturated rings.